The summed E-state index contributed by atoms with van der Waals surface area (Å²) in [6.45, 7) is 3.93. The van der Waals surface area contributed by atoms with Crippen molar-refractivity contribution in [2.45, 2.75) is 6.42 Å². The van der Waals surface area contributed by atoms with Crippen molar-refractivity contribution in [1.29, 1.82) is 0 Å². The molecule has 1 aromatic carbocycles. The van der Waals surface area contributed by atoms with Crippen LogP contribution in [0.15, 0.2) is 29.4 Å². The highest BCUT2D eigenvalue weighted by Crippen LogP contribution is 2.31. The fourth-order valence-electron chi connectivity index (χ4n) is 3.02. The van der Waals surface area contributed by atoms with Crippen LogP contribution >= 0.6 is 0 Å². The summed E-state index contributed by atoms with van der Waals surface area (Å²) in [5, 5.41) is 4.06. The SMILES string of the molecule is COc1cccc(C#CCO/N=C/C2CN3CC[C@@H]2C3)c1. The summed E-state index contributed by atoms with van der Waals surface area (Å²) < 4.78 is 5.15. The number of nitrogens with zero attached hydrogens (tertiary/aromatic N) is 2. The second-order valence-corrected chi connectivity index (χ2v) is 5.53. The van der Waals surface area contributed by atoms with Crippen LogP contribution in [0.25, 0.3) is 0 Å². The lowest BCUT2D eigenvalue weighted by molar-refractivity contribution is 0.178. The molecule has 3 rings (SSSR count). The molecule has 2 fully saturated rings. The zero-order valence-corrected chi connectivity index (χ0v) is 12.3. The minimum absolute atomic E-state index is 0.314. The molecule has 3 atom stereocenters. The van der Waals surface area contributed by atoms with Crippen molar-refractivity contribution in [3.63, 3.8) is 0 Å². The summed E-state index contributed by atoms with van der Waals surface area (Å²) in [4.78, 5) is 7.72. The number of hydrogen-bond donors (Lipinski definition) is 0. The minimum atomic E-state index is 0.314. The fourth-order valence-corrected chi connectivity index (χ4v) is 3.02. The Labute approximate surface area is 125 Å². The highest BCUT2D eigenvalue weighted by atomic mass is 16.6. The lowest BCUT2D eigenvalue weighted by Gasteiger charge is -2.17. The summed E-state index contributed by atoms with van der Waals surface area (Å²) in [6, 6.07) is 7.67. The van der Waals surface area contributed by atoms with E-state index in [2.05, 4.69) is 21.9 Å². The number of ether oxygens (including phenoxy) is 1. The van der Waals surface area contributed by atoms with Crippen LogP contribution < -0.4 is 4.74 Å². The third-order valence-electron chi connectivity index (χ3n) is 4.15. The summed E-state index contributed by atoms with van der Waals surface area (Å²) in [5.74, 6) is 8.15. The molecule has 110 valence electrons. The van der Waals surface area contributed by atoms with Gasteiger partial charge in [-0.05, 0) is 37.1 Å². The van der Waals surface area contributed by atoms with Gasteiger partial charge in [0.05, 0.1) is 7.11 Å². The van der Waals surface area contributed by atoms with Crippen LogP contribution in [0.4, 0.5) is 0 Å². The first-order chi connectivity index (χ1) is 10.3. The van der Waals surface area contributed by atoms with Crippen molar-refractivity contribution in [2.24, 2.45) is 17.0 Å². The molecule has 2 aliphatic heterocycles. The highest BCUT2D eigenvalue weighted by molar-refractivity contribution is 5.61. The molecule has 0 N–H and O–H groups in total. The first kappa shape index (κ1) is 14.0. The van der Waals surface area contributed by atoms with E-state index in [1.54, 1.807) is 7.11 Å². The Morgan fingerprint density at radius 2 is 2.38 bits per heavy atom. The van der Waals surface area contributed by atoms with E-state index in [1.807, 2.05) is 30.5 Å². The predicted molar refractivity (Wildman–Crippen MR) is 82.4 cm³/mol. The van der Waals surface area contributed by atoms with Gasteiger partial charge in [-0.2, -0.15) is 0 Å². The summed E-state index contributed by atoms with van der Waals surface area (Å²) in [7, 11) is 1.65. The normalized spacial score (nSPS) is 26.6. The third-order valence-corrected chi connectivity index (χ3v) is 4.15. The van der Waals surface area contributed by atoms with Crippen molar-refractivity contribution in [3.05, 3.63) is 29.8 Å². The molecule has 0 aromatic heterocycles. The van der Waals surface area contributed by atoms with Gasteiger partial charge in [0.1, 0.15) is 5.75 Å². The van der Waals surface area contributed by atoms with Crippen molar-refractivity contribution >= 4 is 6.21 Å². The lowest BCUT2D eigenvalue weighted by atomic mass is 9.94. The van der Waals surface area contributed by atoms with Crippen LogP contribution in [0.2, 0.25) is 0 Å². The van der Waals surface area contributed by atoms with Gasteiger partial charge in [0.25, 0.3) is 0 Å². The molecule has 2 aliphatic rings. The molecule has 21 heavy (non-hydrogen) atoms. The number of hydrogen-bond acceptors (Lipinski definition) is 4. The molecule has 2 unspecified atom stereocenters. The van der Waals surface area contributed by atoms with Crippen molar-refractivity contribution < 1.29 is 9.57 Å². The molecule has 0 saturated carbocycles. The topological polar surface area (TPSA) is 34.1 Å². The maximum absolute atomic E-state index is 5.23. The molecule has 0 radical (unpaired) electrons. The third kappa shape index (κ3) is 3.56. The van der Waals surface area contributed by atoms with E-state index < -0.39 is 0 Å². The van der Waals surface area contributed by atoms with Crippen LogP contribution in [0.5, 0.6) is 5.75 Å². The van der Waals surface area contributed by atoms with E-state index in [-0.39, 0.29) is 0 Å². The zero-order valence-electron chi connectivity index (χ0n) is 12.3. The number of rotatable bonds is 4. The standard InChI is InChI=1S/C17H20N2O2/c1-20-17-6-2-4-14(10-17)5-3-9-21-18-11-16-13-19-8-7-15(16)12-19/h2,4,6,10-11,15-16H,7-9,12-13H2,1H3/b18-11+/t15-,16?/m1/s1. The van der Waals surface area contributed by atoms with Crippen LogP contribution in [0.1, 0.15) is 12.0 Å². The van der Waals surface area contributed by atoms with Gasteiger partial charge in [0.2, 0.25) is 0 Å². The Bertz CT molecular complexity index is 574. The average Bonchev–Trinajstić information content (AvgIpc) is 3.13. The number of oxime groups is 1. The van der Waals surface area contributed by atoms with E-state index in [4.69, 9.17) is 9.57 Å². The first-order valence-corrected chi connectivity index (χ1v) is 7.36. The van der Waals surface area contributed by atoms with E-state index in [0.29, 0.717) is 12.5 Å². The van der Waals surface area contributed by atoms with Crippen LogP contribution in [-0.2, 0) is 4.84 Å². The van der Waals surface area contributed by atoms with Gasteiger partial charge < -0.3 is 14.5 Å². The summed E-state index contributed by atoms with van der Waals surface area (Å²) in [6.07, 6.45) is 3.25. The second-order valence-electron chi connectivity index (χ2n) is 5.53. The van der Waals surface area contributed by atoms with E-state index in [1.165, 1.54) is 19.5 Å². The molecule has 2 bridgehead atoms. The Kier molecular flexibility index (Phi) is 4.42. The zero-order chi connectivity index (χ0) is 14.5. The van der Waals surface area contributed by atoms with E-state index in [0.717, 1.165) is 23.8 Å². The van der Waals surface area contributed by atoms with Gasteiger partial charge in [-0.15, -0.1) is 0 Å². The highest BCUT2D eigenvalue weighted by Gasteiger charge is 2.36. The molecule has 0 aliphatic carbocycles. The molecule has 4 nitrogen and oxygen atoms in total. The van der Waals surface area contributed by atoms with Gasteiger partial charge in [0.15, 0.2) is 6.61 Å². The Morgan fingerprint density at radius 1 is 1.43 bits per heavy atom. The molecule has 2 saturated heterocycles. The summed E-state index contributed by atoms with van der Waals surface area (Å²) >= 11 is 0. The van der Waals surface area contributed by atoms with Crippen LogP contribution in [-0.4, -0.2) is 44.5 Å². The van der Waals surface area contributed by atoms with Crippen molar-refractivity contribution in [1.82, 2.24) is 4.90 Å². The number of fused-ring (bicyclic) bond motifs is 2. The lowest BCUT2D eigenvalue weighted by Crippen LogP contribution is -2.24. The first-order valence-electron chi connectivity index (χ1n) is 7.36. The Hall–Kier alpha value is -1.99. The van der Waals surface area contributed by atoms with Crippen LogP contribution in [0, 0.1) is 23.7 Å². The van der Waals surface area contributed by atoms with Crippen molar-refractivity contribution in [2.75, 3.05) is 33.4 Å². The van der Waals surface area contributed by atoms with E-state index in [9.17, 15) is 0 Å². The Balaban J connectivity index is 1.43. The largest absolute Gasteiger partial charge is 0.497 e. The van der Waals surface area contributed by atoms with Crippen molar-refractivity contribution in [3.8, 4) is 17.6 Å². The fraction of sp³-hybridized carbons (Fsp3) is 0.471. The molecule has 0 amide bonds. The number of piperidine rings is 1. The monoisotopic (exact) mass is 284 g/mol. The number of methoxy groups -OCH3 is 1. The molecule has 2 heterocycles. The molecule has 4 heteroatoms. The molecule has 1 aromatic rings. The van der Waals surface area contributed by atoms with Gasteiger partial charge in [-0.1, -0.05) is 23.1 Å². The quantitative estimate of drug-likeness (QED) is 0.367. The van der Waals surface area contributed by atoms with Gasteiger partial charge in [0, 0.05) is 30.8 Å². The summed E-state index contributed by atoms with van der Waals surface area (Å²) in [5.41, 5.74) is 0.919. The van der Waals surface area contributed by atoms with Gasteiger partial charge >= 0.3 is 0 Å². The van der Waals surface area contributed by atoms with Gasteiger partial charge in [-0.3, -0.25) is 0 Å². The molecular weight excluding hydrogens is 264 g/mol. The molecular formula is C17H20N2O2. The maximum Gasteiger partial charge on any atom is 0.177 e. The number of benzene rings is 1. The average molecular weight is 284 g/mol. The second kappa shape index (κ2) is 6.64. The Morgan fingerprint density at radius 3 is 3.14 bits per heavy atom. The van der Waals surface area contributed by atoms with Crippen LogP contribution in [0.3, 0.4) is 0 Å². The maximum atomic E-state index is 5.23. The molecule has 0 spiro atoms. The van der Waals surface area contributed by atoms with E-state index >= 15 is 0 Å². The van der Waals surface area contributed by atoms with Gasteiger partial charge in [-0.25, -0.2) is 0 Å². The predicted octanol–water partition coefficient (Wildman–Crippen LogP) is 2.00. The minimum Gasteiger partial charge on any atom is -0.497 e. The smallest absolute Gasteiger partial charge is 0.177 e.